The van der Waals surface area contributed by atoms with Gasteiger partial charge in [-0.1, -0.05) is 12.5 Å². The Labute approximate surface area is 127 Å². The largest absolute Gasteiger partial charge is 0.460 e. The number of carbonyl (C=O) groups excluding carboxylic acids is 1. The van der Waals surface area contributed by atoms with Crippen LogP contribution in [0.3, 0.4) is 0 Å². The molecule has 1 N–H and O–H groups in total. The van der Waals surface area contributed by atoms with Gasteiger partial charge in [-0.2, -0.15) is 0 Å². The van der Waals surface area contributed by atoms with Crippen molar-refractivity contribution in [1.29, 1.82) is 0 Å². The first kappa shape index (κ1) is 15.8. The summed E-state index contributed by atoms with van der Waals surface area (Å²) in [5.41, 5.74) is 0.742. The third-order valence-electron chi connectivity index (χ3n) is 3.68. The van der Waals surface area contributed by atoms with Gasteiger partial charge in [0.15, 0.2) is 0 Å². The van der Waals surface area contributed by atoms with Gasteiger partial charge < -0.3 is 10.1 Å². The molecule has 1 aromatic rings. The number of ether oxygens (including phenoxy) is 1. The SMILES string of the molecule is Cc1ccc(N[C@@H]2CCC[C@H](C(=O)OC(C)(C)C)C2)nc1. The van der Waals surface area contributed by atoms with Crippen molar-refractivity contribution in [3.8, 4) is 0 Å². The van der Waals surface area contributed by atoms with Gasteiger partial charge in [0.2, 0.25) is 0 Å². The van der Waals surface area contributed by atoms with E-state index < -0.39 is 5.60 Å². The van der Waals surface area contributed by atoms with Crippen molar-refractivity contribution in [2.45, 2.75) is 65.0 Å². The number of rotatable bonds is 3. The van der Waals surface area contributed by atoms with Crippen molar-refractivity contribution in [2.75, 3.05) is 5.32 Å². The Morgan fingerprint density at radius 1 is 1.33 bits per heavy atom. The third-order valence-corrected chi connectivity index (χ3v) is 3.68. The molecule has 1 saturated carbocycles. The molecule has 2 atom stereocenters. The number of aryl methyl sites for hydroxylation is 1. The first-order valence-corrected chi connectivity index (χ1v) is 7.75. The molecule has 2 rings (SSSR count). The van der Waals surface area contributed by atoms with E-state index in [1.165, 1.54) is 0 Å². The van der Waals surface area contributed by atoms with Gasteiger partial charge in [0.1, 0.15) is 11.4 Å². The predicted octanol–water partition coefficient (Wildman–Crippen LogP) is 3.70. The molecule has 116 valence electrons. The molecule has 0 saturated heterocycles. The molecule has 0 amide bonds. The van der Waals surface area contributed by atoms with E-state index in [2.05, 4.69) is 10.3 Å². The maximum Gasteiger partial charge on any atom is 0.309 e. The van der Waals surface area contributed by atoms with Crippen molar-refractivity contribution >= 4 is 11.8 Å². The zero-order valence-electron chi connectivity index (χ0n) is 13.5. The van der Waals surface area contributed by atoms with Gasteiger partial charge in [-0.15, -0.1) is 0 Å². The molecule has 1 aliphatic rings. The fourth-order valence-electron chi connectivity index (χ4n) is 2.68. The highest BCUT2D eigenvalue weighted by molar-refractivity contribution is 5.73. The van der Waals surface area contributed by atoms with Crippen LogP contribution in [-0.2, 0) is 9.53 Å². The summed E-state index contributed by atoms with van der Waals surface area (Å²) in [4.78, 5) is 16.6. The minimum absolute atomic E-state index is 0.000855. The summed E-state index contributed by atoms with van der Waals surface area (Å²) in [7, 11) is 0. The first-order valence-electron chi connectivity index (χ1n) is 7.75. The number of hydrogen-bond acceptors (Lipinski definition) is 4. The standard InChI is InChI=1S/C17H26N2O2/c1-12-8-9-15(18-11-12)19-14-7-5-6-13(10-14)16(20)21-17(2,3)4/h8-9,11,13-14H,5-7,10H2,1-4H3,(H,18,19)/t13-,14+/m0/s1. The van der Waals surface area contributed by atoms with E-state index in [4.69, 9.17) is 4.74 Å². The van der Waals surface area contributed by atoms with E-state index in [0.717, 1.165) is 37.1 Å². The Hall–Kier alpha value is -1.58. The van der Waals surface area contributed by atoms with E-state index in [9.17, 15) is 4.79 Å². The van der Waals surface area contributed by atoms with Crippen molar-refractivity contribution in [1.82, 2.24) is 4.98 Å². The van der Waals surface area contributed by atoms with Crippen LogP contribution < -0.4 is 5.32 Å². The molecule has 1 aromatic heterocycles. The van der Waals surface area contributed by atoms with Crippen LogP contribution in [0, 0.1) is 12.8 Å². The molecular formula is C17H26N2O2. The summed E-state index contributed by atoms with van der Waals surface area (Å²) < 4.78 is 5.51. The molecule has 0 aliphatic heterocycles. The molecule has 0 radical (unpaired) electrons. The molecule has 0 spiro atoms. The molecule has 0 unspecified atom stereocenters. The van der Waals surface area contributed by atoms with Crippen molar-refractivity contribution in [3.63, 3.8) is 0 Å². The van der Waals surface area contributed by atoms with Crippen molar-refractivity contribution in [3.05, 3.63) is 23.9 Å². The number of carbonyl (C=O) groups is 1. The molecule has 0 bridgehead atoms. The molecule has 1 heterocycles. The lowest BCUT2D eigenvalue weighted by Gasteiger charge is -2.31. The van der Waals surface area contributed by atoms with Gasteiger partial charge in [0.25, 0.3) is 0 Å². The summed E-state index contributed by atoms with van der Waals surface area (Å²) >= 11 is 0. The van der Waals surface area contributed by atoms with Gasteiger partial charge >= 0.3 is 5.97 Å². The summed E-state index contributed by atoms with van der Waals surface area (Å²) in [6.07, 6.45) is 5.73. The highest BCUT2D eigenvalue weighted by atomic mass is 16.6. The predicted molar refractivity (Wildman–Crippen MR) is 84.2 cm³/mol. The minimum Gasteiger partial charge on any atom is -0.460 e. The Balaban J connectivity index is 1.91. The van der Waals surface area contributed by atoms with Gasteiger partial charge in [-0.25, -0.2) is 4.98 Å². The number of nitrogens with one attached hydrogen (secondary N) is 1. The summed E-state index contributed by atoms with van der Waals surface area (Å²) in [6, 6.07) is 4.34. The van der Waals surface area contributed by atoms with Crippen LogP contribution in [0.1, 0.15) is 52.0 Å². The minimum atomic E-state index is -0.407. The molecule has 1 fully saturated rings. The van der Waals surface area contributed by atoms with E-state index in [1.54, 1.807) is 0 Å². The molecule has 21 heavy (non-hydrogen) atoms. The monoisotopic (exact) mass is 290 g/mol. The summed E-state index contributed by atoms with van der Waals surface area (Å²) in [5, 5.41) is 3.44. The third kappa shape index (κ3) is 5.03. The number of pyridine rings is 1. The molecule has 4 nitrogen and oxygen atoms in total. The second-order valence-electron chi connectivity index (χ2n) is 6.96. The van der Waals surface area contributed by atoms with Gasteiger partial charge in [0, 0.05) is 12.2 Å². The van der Waals surface area contributed by atoms with E-state index in [0.29, 0.717) is 6.04 Å². The maximum atomic E-state index is 12.2. The van der Waals surface area contributed by atoms with Crippen LogP contribution in [-0.4, -0.2) is 22.6 Å². The number of hydrogen-bond donors (Lipinski definition) is 1. The van der Waals surface area contributed by atoms with Gasteiger partial charge in [-0.05, 0) is 58.6 Å². The van der Waals surface area contributed by atoms with Crippen LogP contribution in [0.15, 0.2) is 18.3 Å². The van der Waals surface area contributed by atoms with E-state index in [1.807, 2.05) is 46.0 Å². The van der Waals surface area contributed by atoms with Gasteiger partial charge in [-0.3, -0.25) is 4.79 Å². The van der Waals surface area contributed by atoms with E-state index in [-0.39, 0.29) is 11.9 Å². The molecular weight excluding hydrogens is 264 g/mol. The topological polar surface area (TPSA) is 51.2 Å². The van der Waals surface area contributed by atoms with Crippen LogP contribution in [0.2, 0.25) is 0 Å². The van der Waals surface area contributed by atoms with Crippen molar-refractivity contribution in [2.24, 2.45) is 5.92 Å². The Kier molecular flexibility index (Phi) is 4.86. The second-order valence-corrected chi connectivity index (χ2v) is 6.96. The Morgan fingerprint density at radius 2 is 2.10 bits per heavy atom. The number of anilines is 1. The van der Waals surface area contributed by atoms with Crippen LogP contribution in [0.5, 0.6) is 0 Å². The quantitative estimate of drug-likeness (QED) is 0.862. The summed E-state index contributed by atoms with van der Waals surface area (Å²) in [6.45, 7) is 7.77. The maximum absolute atomic E-state index is 12.2. The molecule has 1 aliphatic carbocycles. The number of esters is 1. The lowest BCUT2D eigenvalue weighted by molar-refractivity contribution is -0.161. The average Bonchev–Trinajstić information content (AvgIpc) is 2.40. The summed E-state index contributed by atoms with van der Waals surface area (Å²) in [5.74, 6) is 0.822. The Morgan fingerprint density at radius 3 is 2.71 bits per heavy atom. The van der Waals surface area contributed by atoms with Crippen LogP contribution in [0.25, 0.3) is 0 Å². The Bertz CT molecular complexity index is 477. The fourth-order valence-corrected chi connectivity index (χ4v) is 2.68. The van der Waals surface area contributed by atoms with E-state index >= 15 is 0 Å². The highest BCUT2D eigenvalue weighted by Gasteiger charge is 2.30. The smallest absolute Gasteiger partial charge is 0.309 e. The zero-order chi connectivity index (χ0) is 15.5. The highest BCUT2D eigenvalue weighted by Crippen LogP contribution is 2.28. The lowest BCUT2D eigenvalue weighted by Crippen LogP contribution is -2.35. The van der Waals surface area contributed by atoms with Crippen LogP contribution in [0.4, 0.5) is 5.82 Å². The fraction of sp³-hybridized carbons (Fsp3) is 0.647. The average molecular weight is 290 g/mol. The normalized spacial score (nSPS) is 22.7. The number of aromatic nitrogens is 1. The van der Waals surface area contributed by atoms with Gasteiger partial charge in [0.05, 0.1) is 5.92 Å². The molecule has 4 heteroatoms. The van der Waals surface area contributed by atoms with Crippen molar-refractivity contribution < 1.29 is 9.53 Å². The number of nitrogens with zero attached hydrogens (tertiary/aromatic N) is 1. The van der Waals surface area contributed by atoms with Crippen LogP contribution >= 0.6 is 0 Å². The first-order chi connectivity index (χ1) is 9.83. The second kappa shape index (κ2) is 6.46. The molecule has 0 aromatic carbocycles. The zero-order valence-corrected chi connectivity index (χ0v) is 13.5. The lowest BCUT2D eigenvalue weighted by atomic mass is 9.85.